The Morgan fingerprint density at radius 1 is 1.16 bits per heavy atom. The third-order valence-corrected chi connectivity index (χ3v) is 4.29. The van der Waals surface area contributed by atoms with Crippen LogP contribution in [-0.2, 0) is 0 Å². The molecule has 2 heterocycles. The zero-order valence-electron chi connectivity index (χ0n) is 13.7. The van der Waals surface area contributed by atoms with Crippen LogP contribution in [0.4, 0.5) is 14.9 Å². The van der Waals surface area contributed by atoms with Crippen LogP contribution < -0.4 is 10.6 Å². The Hall–Kier alpha value is -2.83. The molecule has 1 aliphatic heterocycles. The standard InChI is InChI=1S/C18H20FN3O3/c19-14-3-5-15(6-4-14)21-18(24)22-9-7-13(8-10-22)12-20-17(23)16-2-1-11-25-16/h1-6,11,13H,7-10,12H2,(H,20,23)(H,21,24). The van der Waals surface area contributed by atoms with Gasteiger partial charge >= 0.3 is 6.03 Å². The maximum atomic E-state index is 12.9. The van der Waals surface area contributed by atoms with E-state index in [1.54, 1.807) is 17.0 Å². The molecule has 0 spiro atoms. The number of anilines is 1. The van der Waals surface area contributed by atoms with Gasteiger partial charge in [0, 0.05) is 25.3 Å². The quantitative estimate of drug-likeness (QED) is 0.894. The summed E-state index contributed by atoms with van der Waals surface area (Å²) in [5.41, 5.74) is 0.569. The molecule has 0 unspecified atom stereocenters. The number of hydrogen-bond acceptors (Lipinski definition) is 3. The first-order valence-corrected chi connectivity index (χ1v) is 8.25. The molecule has 0 saturated carbocycles. The number of rotatable bonds is 4. The minimum atomic E-state index is -0.338. The zero-order valence-corrected chi connectivity index (χ0v) is 13.7. The van der Waals surface area contributed by atoms with Gasteiger partial charge in [-0.05, 0) is 55.2 Å². The van der Waals surface area contributed by atoms with Crippen LogP contribution in [0.1, 0.15) is 23.4 Å². The van der Waals surface area contributed by atoms with E-state index in [2.05, 4.69) is 10.6 Å². The fourth-order valence-electron chi connectivity index (χ4n) is 2.81. The number of amides is 3. The minimum Gasteiger partial charge on any atom is -0.459 e. The lowest BCUT2D eigenvalue weighted by Crippen LogP contribution is -2.43. The number of carbonyl (C=O) groups excluding carboxylic acids is 2. The van der Waals surface area contributed by atoms with Crippen LogP contribution in [0.15, 0.2) is 47.1 Å². The highest BCUT2D eigenvalue weighted by molar-refractivity contribution is 5.91. The molecule has 3 amide bonds. The van der Waals surface area contributed by atoms with E-state index < -0.39 is 0 Å². The van der Waals surface area contributed by atoms with Gasteiger partial charge in [-0.25, -0.2) is 9.18 Å². The largest absolute Gasteiger partial charge is 0.459 e. The molecule has 1 aromatic carbocycles. The highest BCUT2D eigenvalue weighted by Crippen LogP contribution is 2.18. The summed E-state index contributed by atoms with van der Waals surface area (Å²) >= 11 is 0. The molecule has 3 rings (SSSR count). The SMILES string of the molecule is O=C(NCC1CCN(C(=O)Nc2ccc(F)cc2)CC1)c1ccco1. The van der Waals surface area contributed by atoms with Crippen LogP contribution in [0.5, 0.6) is 0 Å². The first-order chi connectivity index (χ1) is 12.1. The number of carbonyl (C=O) groups is 2. The summed E-state index contributed by atoms with van der Waals surface area (Å²) in [6.07, 6.45) is 3.09. The van der Waals surface area contributed by atoms with Gasteiger partial charge in [0.05, 0.1) is 6.26 Å². The molecule has 1 fully saturated rings. The molecule has 0 aliphatic carbocycles. The molecule has 0 atom stereocenters. The summed E-state index contributed by atoms with van der Waals surface area (Å²) in [4.78, 5) is 25.8. The van der Waals surface area contributed by atoms with Gasteiger partial charge in [-0.3, -0.25) is 4.79 Å². The molecular formula is C18H20FN3O3. The molecular weight excluding hydrogens is 325 g/mol. The van der Waals surface area contributed by atoms with E-state index in [-0.39, 0.29) is 17.8 Å². The van der Waals surface area contributed by atoms with Gasteiger partial charge in [0.25, 0.3) is 5.91 Å². The van der Waals surface area contributed by atoms with Crippen LogP contribution in [0, 0.1) is 11.7 Å². The van der Waals surface area contributed by atoms with E-state index in [4.69, 9.17) is 4.42 Å². The topological polar surface area (TPSA) is 74.6 Å². The summed E-state index contributed by atoms with van der Waals surface area (Å²) in [5, 5.41) is 5.62. The summed E-state index contributed by atoms with van der Waals surface area (Å²) in [7, 11) is 0. The molecule has 2 N–H and O–H groups in total. The molecule has 0 radical (unpaired) electrons. The summed E-state index contributed by atoms with van der Waals surface area (Å²) in [6.45, 7) is 1.80. The third-order valence-electron chi connectivity index (χ3n) is 4.29. The normalized spacial score (nSPS) is 15.0. The van der Waals surface area contributed by atoms with Crippen molar-refractivity contribution in [2.24, 2.45) is 5.92 Å². The molecule has 0 bridgehead atoms. The Morgan fingerprint density at radius 2 is 1.88 bits per heavy atom. The smallest absolute Gasteiger partial charge is 0.321 e. The number of piperidine rings is 1. The van der Waals surface area contributed by atoms with Crippen molar-refractivity contribution in [2.45, 2.75) is 12.8 Å². The Labute approximate surface area is 145 Å². The summed E-state index contributed by atoms with van der Waals surface area (Å²) < 4.78 is 17.9. The van der Waals surface area contributed by atoms with E-state index in [1.165, 1.54) is 30.5 Å². The number of urea groups is 1. The Bertz CT molecular complexity index is 708. The van der Waals surface area contributed by atoms with Crippen molar-refractivity contribution in [2.75, 3.05) is 25.0 Å². The molecule has 7 heteroatoms. The second kappa shape index (κ2) is 7.83. The number of nitrogens with one attached hydrogen (secondary N) is 2. The minimum absolute atomic E-state index is 0.190. The maximum absolute atomic E-state index is 12.9. The third kappa shape index (κ3) is 4.59. The monoisotopic (exact) mass is 345 g/mol. The van der Waals surface area contributed by atoms with Gasteiger partial charge in [-0.15, -0.1) is 0 Å². The number of benzene rings is 1. The van der Waals surface area contributed by atoms with Gasteiger partial charge in [0.15, 0.2) is 5.76 Å². The maximum Gasteiger partial charge on any atom is 0.321 e. The predicted octanol–water partition coefficient (Wildman–Crippen LogP) is 3.09. The lowest BCUT2D eigenvalue weighted by atomic mass is 9.97. The molecule has 6 nitrogen and oxygen atoms in total. The van der Waals surface area contributed by atoms with Gasteiger partial charge in [-0.2, -0.15) is 0 Å². The molecule has 25 heavy (non-hydrogen) atoms. The van der Waals surface area contributed by atoms with Crippen LogP contribution >= 0.6 is 0 Å². The van der Waals surface area contributed by atoms with Gasteiger partial charge in [0.1, 0.15) is 5.82 Å². The zero-order chi connectivity index (χ0) is 17.6. The van der Waals surface area contributed by atoms with Crippen molar-refractivity contribution in [3.05, 3.63) is 54.2 Å². The molecule has 132 valence electrons. The Balaban J connectivity index is 1.41. The van der Waals surface area contributed by atoms with E-state index in [0.717, 1.165) is 12.8 Å². The van der Waals surface area contributed by atoms with Crippen molar-refractivity contribution < 1.29 is 18.4 Å². The van der Waals surface area contributed by atoms with Crippen LogP contribution in [0.2, 0.25) is 0 Å². The van der Waals surface area contributed by atoms with Crippen molar-refractivity contribution in [1.29, 1.82) is 0 Å². The number of nitrogens with zero attached hydrogens (tertiary/aromatic N) is 1. The Morgan fingerprint density at radius 3 is 2.52 bits per heavy atom. The number of hydrogen-bond donors (Lipinski definition) is 2. The number of likely N-dealkylation sites (tertiary alicyclic amines) is 1. The second-order valence-electron chi connectivity index (χ2n) is 6.05. The lowest BCUT2D eigenvalue weighted by Gasteiger charge is -2.32. The number of halogens is 1. The van der Waals surface area contributed by atoms with E-state index in [9.17, 15) is 14.0 Å². The predicted molar refractivity (Wildman–Crippen MR) is 90.8 cm³/mol. The van der Waals surface area contributed by atoms with Crippen molar-refractivity contribution in [1.82, 2.24) is 10.2 Å². The first kappa shape index (κ1) is 17.0. The van der Waals surface area contributed by atoms with Crippen molar-refractivity contribution in [3.63, 3.8) is 0 Å². The second-order valence-corrected chi connectivity index (χ2v) is 6.05. The Kier molecular flexibility index (Phi) is 5.33. The fraction of sp³-hybridized carbons (Fsp3) is 0.333. The van der Waals surface area contributed by atoms with Crippen LogP contribution in [-0.4, -0.2) is 36.5 Å². The highest BCUT2D eigenvalue weighted by Gasteiger charge is 2.23. The molecule has 1 aliphatic rings. The van der Waals surface area contributed by atoms with Crippen LogP contribution in [0.3, 0.4) is 0 Å². The molecule has 1 saturated heterocycles. The van der Waals surface area contributed by atoms with Gasteiger partial charge in [0.2, 0.25) is 0 Å². The van der Waals surface area contributed by atoms with Crippen molar-refractivity contribution in [3.8, 4) is 0 Å². The average Bonchev–Trinajstić information content (AvgIpc) is 3.17. The van der Waals surface area contributed by atoms with Gasteiger partial charge in [-0.1, -0.05) is 0 Å². The summed E-state index contributed by atoms with van der Waals surface area (Å²) in [5.74, 6) is 0.0711. The lowest BCUT2D eigenvalue weighted by molar-refractivity contribution is 0.0911. The highest BCUT2D eigenvalue weighted by atomic mass is 19.1. The van der Waals surface area contributed by atoms with Crippen molar-refractivity contribution >= 4 is 17.6 Å². The van der Waals surface area contributed by atoms with E-state index in [0.29, 0.717) is 37.0 Å². The first-order valence-electron chi connectivity index (χ1n) is 8.25. The fourth-order valence-corrected chi connectivity index (χ4v) is 2.81. The summed E-state index contributed by atoms with van der Waals surface area (Å²) in [6, 6.07) is 8.79. The molecule has 2 aromatic rings. The van der Waals surface area contributed by atoms with Crippen LogP contribution in [0.25, 0.3) is 0 Å². The van der Waals surface area contributed by atoms with Gasteiger partial charge < -0.3 is 20.0 Å². The average molecular weight is 345 g/mol. The number of furan rings is 1. The van der Waals surface area contributed by atoms with E-state index >= 15 is 0 Å². The molecule has 1 aromatic heterocycles. The van der Waals surface area contributed by atoms with E-state index in [1.807, 2.05) is 0 Å².